The summed E-state index contributed by atoms with van der Waals surface area (Å²) in [6.45, 7) is 4.27. The van der Waals surface area contributed by atoms with Crippen molar-refractivity contribution in [3.8, 4) is 0 Å². The van der Waals surface area contributed by atoms with Crippen LogP contribution in [0.5, 0.6) is 0 Å². The van der Waals surface area contributed by atoms with E-state index in [9.17, 15) is 0 Å². The molecule has 2 heteroatoms. The summed E-state index contributed by atoms with van der Waals surface area (Å²) < 4.78 is 0. The molecule has 0 N–H and O–H groups in total. The molecule has 1 nitrogen and oxygen atoms in total. The molecule has 0 atom stereocenters. The van der Waals surface area contributed by atoms with Crippen LogP contribution in [-0.2, 0) is 13.0 Å². The number of halogens is 1. The van der Waals surface area contributed by atoms with Crippen molar-refractivity contribution in [3.05, 3.63) is 35.4 Å². The molecule has 0 unspecified atom stereocenters. The minimum absolute atomic E-state index is 0.740. The van der Waals surface area contributed by atoms with E-state index in [1.807, 2.05) is 0 Å². The zero-order valence-electron chi connectivity index (χ0n) is 10.7. The average Bonchev–Trinajstić information content (AvgIpc) is 2.28. The summed E-state index contributed by atoms with van der Waals surface area (Å²) in [6, 6.07) is 9.79. The molecule has 0 amide bonds. The van der Waals surface area contributed by atoms with Crippen LogP contribution in [0.4, 0.5) is 0 Å². The number of alkyl halides is 1. The van der Waals surface area contributed by atoms with Crippen molar-refractivity contribution >= 4 is 11.6 Å². The van der Waals surface area contributed by atoms with E-state index >= 15 is 0 Å². The highest BCUT2D eigenvalue weighted by Gasteiger charge is 2.24. The molecule has 94 valence electrons. The van der Waals surface area contributed by atoms with Gasteiger partial charge in [-0.25, -0.2) is 0 Å². The second-order valence-corrected chi connectivity index (χ2v) is 5.29. The van der Waals surface area contributed by atoms with Gasteiger partial charge < -0.3 is 0 Å². The molecule has 1 saturated carbocycles. The highest BCUT2D eigenvalue weighted by molar-refractivity contribution is 6.18. The maximum Gasteiger partial charge on any atom is 0.0351 e. The molecule has 0 saturated heterocycles. The van der Waals surface area contributed by atoms with E-state index in [0.29, 0.717) is 0 Å². The zero-order valence-corrected chi connectivity index (χ0v) is 11.4. The molecule has 1 fully saturated rings. The second-order valence-electron chi connectivity index (χ2n) is 4.91. The highest BCUT2D eigenvalue weighted by atomic mass is 35.5. The number of aryl methyl sites for hydroxylation is 1. The first-order valence-electron chi connectivity index (χ1n) is 6.71. The molecule has 0 radical (unpaired) electrons. The average molecular weight is 252 g/mol. The molecule has 1 aromatic carbocycles. The summed E-state index contributed by atoms with van der Waals surface area (Å²) in [6.07, 6.45) is 5.21. The van der Waals surface area contributed by atoms with Gasteiger partial charge in [-0.15, -0.1) is 11.6 Å². The Balaban J connectivity index is 1.95. The van der Waals surface area contributed by atoms with Crippen LogP contribution in [0.25, 0.3) is 0 Å². The van der Waals surface area contributed by atoms with Crippen molar-refractivity contribution in [1.29, 1.82) is 0 Å². The lowest BCUT2D eigenvalue weighted by Crippen LogP contribution is -2.40. The maximum atomic E-state index is 5.89. The first-order chi connectivity index (χ1) is 8.33. The smallest absolute Gasteiger partial charge is 0.0351 e. The van der Waals surface area contributed by atoms with Gasteiger partial charge >= 0.3 is 0 Å². The predicted molar refractivity (Wildman–Crippen MR) is 74.6 cm³/mol. The summed E-state index contributed by atoms with van der Waals surface area (Å²) in [5.74, 6) is 0.740. The van der Waals surface area contributed by atoms with E-state index in [1.165, 1.54) is 30.4 Å². The molecule has 2 rings (SSSR count). The van der Waals surface area contributed by atoms with Gasteiger partial charge in [0.25, 0.3) is 0 Å². The van der Waals surface area contributed by atoms with Crippen LogP contribution >= 0.6 is 11.6 Å². The first kappa shape index (κ1) is 12.9. The Bertz CT molecular complexity index is 329. The minimum atomic E-state index is 0.740. The lowest BCUT2D eigenvalue weighted by Gasteiger charge is -2.37. The molecule has 1 aromatic rings. The van der Waals surface area contributed by atoms with Gasteiger partial charge in [0.1, 0.15) is 0 Å². The van der Waals surface area contributed by atoms with Crippen LogP contribution in [0.2, 0.25) is 0 Å². The van der Waals surface area contributed by atoms with Crippen molar-refractivity contribution < 1.29 is 0 Å². The lowest BCUT2D eigenvalue weighted by molar-refractivity contribution is 0.127. The third-order valence-corrected chi connectivity index (χ3v) is 3.95. The number of hydrogen-bond donors (Lipinski definition) is 0. The molecule has 0 heterocycles. The van der Waals surface area contributed by atoms with Gasteiger partial charge in [0.05, 0.1) is 0 Å². The van der Waals surface area contributed by atoms with Crippen LogP contribution in [0.3, 0.4) is 0 Å². The van der Waals surface area contributed by atoms with E-state index in [1.54, 1.807) is 0 Å². The molecule has 0 aromatic heterocycles. The predicted octanol–water partition coefficient (Wildman–Crippen LogP) is 3.84. The van der Waals surface area contributed by atoms with E-state index < -0.39 is 0 Å². The SMILES string of the molecule is CCc1ccc(CN(CCCl)C2CCC2)cc1. The molecule has 0 aliphatic heterocycles. The van der Waals surface area contributed by atoms with Crippen molar-refractivity contribution in [2.75, 3.05) is 12.4 Å². The third-order valence-electron chi connectivity index (χ3n) is 3.78. The molecule has 1 aliphatic rings. The number of benzene rings is 1. The van der Waals surface area contributed by atoms with Gasteiger partial charge in [-0.2, -0.15) is 0 Å². The largest absolute Gasteiger partial charge is 0.295 e. The van der Waals surface area contributed by atoms with Gasteiger partial charge in [0, 0.05) is 25.0 Å². The fourth-order valence-corrected chi connectivity index (χ4v) is 2.58. The Morgan fingerprint density at radius 3 is 2.29 bits per heavy atom. The number of rotatable bonds is 6. The summed E-state index contributed by atoms with van der Waals surface area (Å²) >= 11 is 5.89. The molecule has 0 bridgehead atoms. The molecule has 1 aliphatic carbocycles. The third kappa shape index (κ3) is 3.46. The van der Waals surface area contributed by atoms with E-state index in [0.717, 1.165) is 31.4 Å². The van der Waals surface area contributed by atoms with Crippen molar-refractivity contribution in [1.82, 2.24) is 4.90 Å². The normalized spacial score (nSPS) is 16.2. The van der Waals surface area contributed by atoms with Gasteiger partial charge in [-0.1, -0.05) is 37.6 Å². The van der Waals surface area contributed by atoms with Crippen LogP contribution in [0, 0.1) is 0 Å². The van der Waals surface area contributed by atoms with E-state index in [2.05, 4.69) is 36.1 Å². The van der Waals surface area contributed by atoms with Gasteiger partial charge in [0.15, 0.2) is 0 Å². The van der Waals surface area contributed by atoms with Crippen LogP contribution < -0.4 is 0 Å². The van der Waals surface area contributed by atoms with Crippen LogP contribution in [0.1, 0.15) is 37.3 Å². The molecule has 17 heavy (non-hydrogen) atoms. The van der Waals surface area contributed by atoms with Crippen molar-refractivity contribution in [3.63, 3.8) is 0 Å². The maximum absolute atomic E-state index is 5.89. The zero-order chi connectivity index (χ0) is 12.1. The summed E-state index contributed by atoms with van der Waals surface area (Å²) in [7, 11) is 0. The fraction of sp³-hybridized carbons (Fsp3) is 0.600. The van der Waals surface area contributed by atoms with Crippen molar-refractivity contribution in [2.24, 2.45) is 0 Å². The summed E-state index contributed by atoms with van der Waals surface area (Å²) in [4.78, 5) is 2.54. The van der Waals surface area contributed by atoms with Crippen LogP contribution in [0.15, 0.2) is 24.3 Å². The fourth-order valence-electron chi connectivity index (χ4n) is 2.37. The van der Waals surface area contributed by atoms with Gasteiger partial charge in [-0.3, -0.25) is 4.90 Å². The van der Waals surface area contributed by atoms with Crippen LogP contribution in [-0.4, -0.2) is 23.4 Å². The molecular weight excluding hydrogens is 230 g/mol. The topological polar surface area (TPSA) is 3.24 Å². The van der Waals surface area contributed by atoms with E-state index in [4.69, 9.17) is 11.6 Å². The number of nitrogens with zero attached hydrogens (tertiary/aromatic N) is 1. The Morgan fingerprint density at radius 2 is 1.82 bits per heavy atom. The Kier molecular flexibility index (Phi) is 4.87. The Hall–Kier alpha value is -0.530. The van der Waals surface area contributed by atoms with Crippen molar-refractivity contribution in [2.45, 2.75) is 45.2 Å². The molecular formula is C15H22ClN. The number of hydrogen-bond acceptors (Lipinski definition) is 1. The standard InChI is InChI=1S/C15H22ClN/c1-2-13-6-8-14(9-7-13)12-17(11-10-16)15-4-3-5-15/h6-9,15H,2-5,10-12H2,1H3. The quantitative estimate of drug-likeness (QED) is 0.695. The molecule has 0 spiro atoms. The minimum Gasteiger partial charge on any atom is -0.295 e. The first-order valence-corrected chi connectivity index (χ1v) is 7.24. The van der Waals surface area contributed by atoms with Gasteiger partial charge in [-0.05, 0) is 30.4 Å². The van der Waals surface area contributed by atoms with E-state index in [-0.39, 0.29) is 0 Å². The Morgan fingerprint density at radius 1 is 1.18 bits per heavy atom. The summed E-state index contributed by atoms with van der Waals surface area (Å²) in [5, 5.41) is 0. The summed E-state index contributed by atoms with van der Waals surface area (Å²) in [5.41, 5.74) is 2.83. The monoisotopic (exact) mass is 251 g/mol. The second kappa shape index (κ2) is 6.42. The Labute approximate surface area is 110 Å². The lowest BCUT2D eigenvalue weighted by atomic mass is 9.91. The highest BCUT2D eigenvalue weighted by Crippen LogP contribution is 2.26. The van der Waals surface area contributed by atoms with Gasteiger partial charge in [0.2, 0.25) is 0 Å².